The first-order chi connectivity index (χ1) is 11.5. The van der Waals surface area contributed by atoms with E-state index in [1.165, 1.54) is 21.3 Å². The van der Waals surface area contributed by atoms with E-state index in [2.05, 4.69) is 5.10 Å². The zero-order chi connectivity index (χ0) is 17.7. The minimum atomic E-state index is -0.462. The van der Waals surface area contributed by atoms with Crippen LogP contribution in [-0.4, -0.2) is 43.7 Å². The molecule has 7 heteroatoms. The van der Waals surface area contributed by atoms with Crippen molar-refractivity contribution in [1.82, 2.24) is 9.78 Å². The third-order valence-corrected chi connectivity index (χ3v) is 3.54. The molecule has 2 aromatic rings. The SMILES string of the molecule is COc1cc(C(=O)OCCn2nc(C)cc2C)cc(OC)c1OC. The standard InChI is InChI=1S/C17H22N2O5/c1-11-8-12(2)19(18-11)6-7-24-17(20)13-9-14(21-3)16(23-5)15(10-13)22-4/h8-10H,6-7H2,1-5H3. The third-order valence-electron chi connectivity index (χ3n) is 3.54. The fraction of sp³-hybridized carbons (Fsp3) is 0.412. The maximum atomic E-state index is 12.3. The molecule has 7 nitrogen and oxygen atoms in total. The van der Waals surface area contributed by atoms with Gasteiger partial charge >= 0.3 is 5.97 Å². The largest absolute Gasteiger partial charge is 0.493 e. The van der Waals surface area contributed by atoms with Crippen LogP contribution in [0.2, 0.25) is 0 Å². The van der Waals surface area contributed by atoms with Crippen LogP contribution >= 0.6 is 0 Å². The molecule has 0 radical (unpaired) electrons. The summed E-state index contributed by atoms with van der Waals surface area (Å²) in [5.74, 6) is 0.777. The Hall–Kier alpha value is -2.70. The Morgan fingerprint density at radius 1 is 1.04 bits per heavy atom. The highest BCUT2D eigenvalue weighted by Crippen LogP contribution is 2.38. The van der Waals surface area contributed by atoms with E-state index in [0.717, 1.165) is 11.4 Å². The van der Waals surface area contributed by atoms with E-state index < -0.39 is 5.97 Å². The van der Waals surface area contributed by atoms with Crippen LogP contribution in [0.3, 0.4) is 0 Å². The number of esters is 1. The summed E-state index contributed by atoms with van der Waals surface area (Å²) < 4.78 is 22.8. The van der Waals surface area contributed by atoms with Crippen molar-refractivity contribution in [1.29, 1.82) is 0 Å². The lowest BCUT2D eigenvalue weighted by atomic mass is 10.2. The molecular weight excluding hydrogens is 312 g/mol. The van der Waals surface area contributed by atoms with Gasteiger partial charge in [0.05, 0.1) is 39.1 Å². The van der Waals surface area contributed by atoms with E-state index in [4.69, 9.17) is 18.9 Å². The van der Waals surface area contributed by atoms with Gasteiger partial charge in [0.1, 0.15) is 6.61 Å². The van der Waals surface area contributed by atoms with Crippen molar-refractivity contribution in [3.05, 3.63) is 35.2 Å². The Bertz CT molecular complexity index is 699. The summed E-state index contributed by atoms with van der Waals surface area (Å²) in [6.07, 6.45) is 0. The van der Waals surface area contributed by atoms with Crippen LogP contribution in [0.15, 0.2) is 18.2 Å². The fourth-order valence-electron chi connectivity index (χ4n) is 2.41. The Morgan fingerprint density at radius 2 is 1.67 bits per heavy atom. The molecule has 2 rings (SSSR count). The second-order valence-electron chi connectivity index (χ2n) is 5.20. The number of nitrogens with zero attached hydrogens (tertiary/aromatic N) is 2. The Kier molecular flexibility index (Phi) is 5.68. The van der Waals surface area contributed by atoms with E-state index in [1.54, 1.807) is 16.8 Å². The van der Waals surface area contributed by atoms with Gasteiger partial charge in [-0.1, -0.05) is 0 Å². The van der Waals surface area contributed by atoms with Crippen molar-refractivity contribution in [2.24, 2.45) is 0 Å². The maximum absolute atomic E-state index is 12.3. The molecule has 1 aromatic carbocycles. The lowest BCUT2D eigenvalue weighted by Gasteiger charge is -2.14. The van der Waals surface area contributed by atoms with Gasteiger partial charge in [-0.05, 0) is 32.0 Å². The minimum absolute atomic E-state index is 0.220. The van der Waals surface area contributed by atoms with Crippen molar-refractivity contribution in [3.8, 4) is 17.2 Å². The summed E-state index contributed by atoms with van der Waals surface area (Å²) >= 11 is 0. The number of methoxy groups -OCH3 is 3. The van der Waals surface area contributed by atoms with Crippen molar-refractivity contribution in [2.75, 3.05) is 27.9 Å². The normalized spacial score (nSPS) is 10.4. The van der Waals surface area contributed by atoms with Gasteiger partial charge in [-0.15, -0.1) is 0 Å². The van der Waals surface area contributed by atoms with Crippen LogP contribution in [-0.2, 0) is 11.3 Å². The van der Waals surface area contributed by atoms with Gasteiger partial charge in [0.2, 0.25) is 5.75 Å². The van der Waals surface area contributed by atoms with Crippen LogP contribution in [0.4, 0.5) is 0 Å². The first kappa shape index (κ1) is 17.7. The van der Waals surface area contributed by atoms with E-state index in [-0.39, 0.29) is 6.61 Å². The number of carbonyl (C=O) groups excluding carboxylic acids is 1. The molecule has 0 aliphatic heterocycles. The Morgan fingerprint density at radius 3 is 2.12 bits per heavy atom. The quantitative estimate of drug-likeness (QED) is 0.724. The summed E-state index contributed by atoms with van der Waals surface area (Å²) in [5, 5.41) is 4.33. The van der Waals surface area contributed by atoms with Gasteiger partial charge in [0.25, 0.3) is 0 Å². The maximum Gasteiger partial charge on any atom is 0.338 e. The summed E-state index contributed by atoms with van der Waals surface area (Å²) in [4.78, 5) is 12.3. The lowest BCUT2D eigenvalue weighted by Crippen LogP contribution is -2.13. The van der Waals surface area contributed by atoms with Gasteiger partial charge in [0.15, 0.2) is 11.5 Å². The highest BCUT2D eigenvalue weighted by Gasteiger charge is 2.18. The number of benzene rings is 1. The van der Waals surface area contributed by atoms with Crippen molar-refractivity contribution in [2.45, 2.75) is 20.4 Å². The van der Waals surface area contributed by atoms with Gasteiger partial charge in [-0.3, -0.25) is 4.68 Å². The molecule has 1 aromatic heterocycles. The number of carbonyl (C=O) groups is 1. The second-order valence-corrected chi connectivity index (χ2v) is 5.20. The highest BCUT2D eigenvalue weighted by atomic mass is 16.5. The molecule has 130 valence electrons. The van der Waals surface area contributed by atoms with Crippen molar-refractivity contribution in [3.63, 3.8) is 0 Å². The summed E-state index contributed by atoms with van der Waals surface area (Å²) in [6.45, 7) is 4.60. The summed E-state index contributed by atoms with van der Waals surface area (Å²) in [7, 11) is 4.50. The monoisotopic (exact) mass is 334 g/mol. The van der Waals surface area contributed by atoms with Gasteiger partial charge < -0.3 is 18.9 Å². The third kappa shape index (κ3) is 3.79. The van der Waals surface area contributed by atoms with Crippen LogP contribution in [0, 0.1) is 13.8 Å². The first-order valence-electron chi connectivity index (χ1n) is 7.48. The molecule has 24 heavy (non-hydrogen) atoms. The van der Waals surface area contributed by atoms with Crippen LogP contribution in [0.5, 0.6) is 17.2 Å². The molecule has 0 saturated heterocycles. The number of ether oxygens (including phenoxy) is 4. The number of rotatable bonds is 7. The predicted octanol–water partition coefficient (Wildman–Crippen LogP) is 2.38. The number of aryl methyl sites for hydroxylation is 2. The first-order valence-corrected chi connectivity index (χ1v) is 7.48. The molecule has 0 amide bonds. The van der Waals surface area contributed by atoms with Gasteiger partial charge in [-0.25, -0.2) is 4.79 Å². The molecule has 0 saturated carbocycles. The van der Waals surface area contributed by atoms with E-state index in [9.17, 15) is 4.79 Å². The number of hydrogen-bond acceptors (Lipinski definition) is 6. The van der Waals surface area contributed by atoms with Crippen LogP contribution in [0.25, 0.3) is 0 Å². The van der Waals surface area contributed by atoms with Crippen LogP contribution < -0.4 is 14.2 Å². The minimum Gasteiger partial charge on any atom is -0.493 e. The molecule has 0 N–H and O–H groups in total. The van der Waals surface area contributed by atoms with E-state index in [0.29, 0.717) is 29.4 Å². The van der Waals surface area contributed by atoms with E-state index in [1.807, 2.05) is 19.9 Å². The molecule has 0 aliphatic rings. The zero-order valence-corrected chi connectivity index (χ0v) is 14.6. The second kappa shape index (κ2) is 7.72. The van der Waals surface area contributed by atoms with Gasteiger partial charge in [-0.2, -0.15) is 5.10 Å². The molecule has 0 fully saturated rings. The highest BCUT2D eigenvalue weighted by molar-refractivity contribution is 5.91. The van der Waals surface area contributed by atoms with Crippen LogP contribution in [0.1, 0.15) is 21.7 Å². The Labute approximate surface area is 141 Å². The fourth-order valence-corrected chi connectivity index (χ4v) is 2.41. The number of aromatic nitrogens is 2. The molecule has 0 atom stereocenters. The van der Waals surface area contributed by atoms with Gasteiger partial charge in [0, 0.05) is 5.69 Å². The summed E-state index contributed by atoms with van der Waals surface area (Å²) in [6, 6.07) is 5.10. The topological polar surface area (TPSA) is 71.8 Å². The van der Waals surface area contributed by atoms with Crippen molar-refractivity contribution >= 4 is 5.97 Å². The summed E-state index contributed by atoms with van der Waals surface area (Å²) in [5.41, 5.74) is 2.29. The molecular formula is C17H22N2O5. The average molecular weight is 334 g/mol. The lowest BCUT2D eigenvalue weighted by molar-refractivity contribution is 0.0486. The average Bonchev–Trinajstić information content (AvgIpc) is 2.90. The number of hydrogen-bond donors (Lipinski definition) is 0. The smallest absolute Gasteiger partial charge is 0.338 e. The zero-order valence-electron chi connectivity index (χ0n) is 14.6. The Balaban J connectivity index is 2.08. The molecule has 0 unspecified atom stereocenters. The molecule has 0 spiro atoms. The van der Waals surface area contributed by atoms with Crippen molar-refractivity contribution < 1.29 is 23.7 Å². The molecule has 0 bridgehead atoms. The van der Waals surface area contributed by atoms with E-state index >= 15 is 0 Å². The molecule has 1 heterocycles. The predicted molar refractivity (Wildman–Crippen MR) is 88.1 cm³/mol. The molecule has 0 aliphatic carbocycles.